The van der Waals surface area contributed by atoms with E-state index in [0.717, 1.165) is 38.2 Å². The molecule has 2 rings (SSSR count). The molecule has 1 saturated heterocycles. The van der Waals surface area contributed by atoms with E-state index in [0.29, 0.717) is 0 Å². The third kappa shape index (κ3) is 1.75. The highest BCUT2D eigenvalue weighted by Crippen LogP contribution is 2.26. The minimum absolute atomic E-state index is 0.139. The number of nitrogens with zero attached hydrogens (tertiary/aromatic N) is 1. The fraction of sp³-hybridized carbons (Fsp3) is 0.500. The number of nitrogens with one attached hydrogen (secondary N) is 1. The Morgan fingerprint density at radius 2 is 1.93 bits per heavy atom. The first-order chi connectivity index (χ1) is 6.79. The van der Waals surface area contributed by atoms with E-state index in [1.165, 1.54) is 0 Å². The number of hydrogen-bond donors (Lipinski definition) is 1. The molecule has 0 unspecified atom stereocenters. The average molecular weight is 198 g/mol. The highest BCUT2D eigenvalue weighted by Gasteiger charge is 2.21. The van der Waals surface area contributed by atoms with Crippen molar-refractivity contribution in [1.29, 1.82) is 0 Å². The van der Waals surface area contributed by atoms with E-state index in [9.17, 15) is 8.78 Å². The van der Waals surface area contributed by atoms with Crippen LogP contribution in [0.4, 0.5) is 8.78 Å². The fourth-order valence-corrected chi connectivity index (χ4v) is 1.85. The molecule has 2 nitrogen and oxygen atoms in total. The second-order valence-electron chi connectivity index (χ2n) is 3.52. The third-order valence-corrected chi connectivity index (χ3v) is 2.55. The Hall–Kier alpha value is -1.03. The van der Waals surface area contributed by atoms with Crippen molar-refractivity contribution >= 4 is 0 Å². The molecule has 14 heavy (non-hydrogen) atoms. The predicted molar refractivity (Wildman–Crippen MR) is 48.7 cm³/mol. The molecule has 0 radical (unpaired) electrons. The zero-order chi connectivity index (χ0) is 9.97. The van der Waals surface area contributed by atoms with E-state index in [1.54, 1.807) is 0 Å². The lowest BCUT2D eigenvalue weighted by molar-refractivity contribution is 0.383. The van der Waals surface area contributed by atoms with Gasteiger partial charge in [-0.2, -0.15) is 0 Å². The van der Waals surface area contributed by atoms with E-state index >= 15 is 0 Å². The summed E-state index contributed by atoms with van der Waals surface area (Å²) in [7, 11) is 0. The number of halogens is 2. The molecule has 0 spiro atoms. The van der Waals surface area contributed by atoms with E-state index in [4.69, 9.17) is 0 Å². The van der Waals surface area contributed by atoms with Crippen LogP contribution in [0.15, 0.2) is 12.4 Å². The van der Waals surface area contributed by atoms with Gasteiger partial charge in [0.15, 0.2) is 0 Å². The van der Waals surface area contributed by atoms with Crippen molar-refractivity contribution in [3.63, 3.8) is 0 Å². The molecule has 4 heteroatoms. The SMILES string of the molecule is Fc1cncc(F)c1[C@@H]1CCCCN1. The molecule has 1 atom stereocenters. The van der Waals surface area contributed by atoms with Crippen molar-refractivity contribution in [3.05, 3.63) is 29.6 Å². The van der Waals surface area contributed by atoms with Gasteiger partial charge in [-0.1, -0.05) is 6.42 Å². The number of hydrogen-bond acceptors (Lipinski definition) is 2. The third-order valence-electron chi connectivity index (χ3n) is 2.55. The number of rotatable bonds is 1. The molecule has 0 bridgehead atoms. The van der Waals surface area contributed by atoms with Gasteiger partial charge in [0, 0.05) is 11.6 Å². The molecule has 2 heterocycles. The van der Waals surface area contributed by atoms with E-state index in [1.807, 2.05) is 0 Å². The summed E-state index contributed by atoms with van der Waals surface area (Å²) in [6.45, 7) is 0.825. The molecule has 1 aromatic rings. The van der Waals surface area contributed by atoms with Crippen LogP contribution in [-0.4, -0.2) is 11.5 Å². The molecule has 0 aliphatic carbocycles. The average Bonchev–Trinajstić information content (AvgIpc) is 2.19. The maximum absolute atomic E-state index is 13.3. The maximum atomic E-state index is 13.3. The van der Waals surface area contributed by atoms with Gasteiger partial charge in [0.25, 0.3) is 0 Å². The van der Waals surface area contributed by atoms with Gasteiger partial charge < -0.3 is 5.32 Å². The van der Waals surface area contributed by atoms with Gasteiger partial charge in [0.2, 0.25) is 0 Å². The Kier molecular flexibility index (Phi) is 2.72. The lowest BCUT2D eigenvalue weighted by Crippen LogP contribution is -2.28. The van der Waals surface area contributed by atoms with Gasteiger partial charge in [-0.3, -0.25) is 4.98 Å². The molecule has 1 fully saturated rings. The number of pyridine rings is 1. The van der Waals surface area contributed by atoms with Gasteiger partial charge >= 0.3 is 0 Å². The van der Waals surface area contributed by atoms with Crippen LogP contribution in [0.25, 0.3) is 0 Å². The summed E-state index contributed by atoms with van der Waals surface area (Å²) in [5, 5.41) is 3.11. The van der Waals surface area contributed by atoms with Crippen molar-refractivity contribution < 1.29 is 8.78 Å². The van der Waals surface area contributed by atoms with Crippen LogP contribution in [-0.2, 0) is 0 Å². The lowest BCUT2D eigenvalue weighted by atomic mass is 9.98. The summed E-state index contributed by atoms with van der Waals surface area (Å²) in [4.78, 5) is 3.46. The van der Waals surface area contributed by atoms with Gasteiger partial charge in [0.05, 0.1) is 12.4 Å². The number of aromatic nitrogens is 1. The normalized spacial score (nSPS) is 22.3. The van der Waals surface area contributed by atoms with Gasteiger partial charge in [-0.05, 0) is 19.4 Å². The number of piperidine rings is 1. The Labute approximate surface area is 81.4 Å². The van der Waals surface area contributed by atoms with Crippen LogP contribution in [0.5, 0.6) is 0 Å². The van der Waals surface area contributed by atoms with Crippen LogP contribution in [0.1, 0.15) is 30.9 Å². The van der Waals surface area contributed by atoms with Crippen molar-refractivity contribution in [2.75, 3.05) is 6.54 Å². The van der Waals surface area contributed by atoms with E-state index in [-0.39, 0.29) is 11.6 Å². The summed E-state index contributed by atoms with van der Waals surface area (Å²) in [5.74, 6) is -1.10. The molecule has 0 saturated carbocycles. The van der Waals surface area contributed by atoms with Crippen molar-refractivity contribution in [2.45, 2.75) is 25.3 Å². The molecule has 1 aliphatic rings. The molecule has 1 N–H and O–H groups in total. The Morgan fingerprint density at radius 3 is 2.50 bits per heavy atom. The van der Waals surface area contributed by atoms with Crippen LogP contribution in [0.3, 0.4) is 0 Å². The standard InChI is InChI=1S/C10H12F2N2/c11-7-5-13-6-8(12)10(7)9-3-1-2-4-14-9/h5-6,9,14H,1-4H2/t9-/m0/s1. The largest absolute Gasteiger partial charge is 0.310 e. The second-order valence-corrected chi connectivity index (χ2v) is 3.52. The highest BCUT2D eigenvalue weighted by atomic mass is 19.1. The Morgan fingerprint density at radius 1 is 1.21 bits per heavy atom. The second kappa shape index (κ2) is 4.00. The van der Waals surface area contributed by atoms with Gasteiger partial charge in [0.1, 0.15) is 11.6 Å². The molecule has 1 aromatic heterocycles. The van der Waals surface area contributed by atoms with E-state index < -0.39 is 11.6 Å². The van der Waals surface area contributed by atoms with Crippen molar-refractivity contribution in [3.8, 4) is 0 Å². The Balaban J connectivity index is 2.29. The molecule has 0 aromatic carbocycles. The highest BCUT2D eigenvalue weighted by molar-refractivity contribution is 5.20. The molecular weight excluding hydrogens is 186 g/mol. The summed E-state index contributed by atoms with van der Waals surface area (Å²) >= 11 is 0. The molecule has 1 aliphatic heterocycles. The van der Waals surface area contributed by atoms with Crippen LogP contribution < -0.4 is 5.32 Å². The van der Waals surface area contributed by atoms with E-state index in [2.05, 4.69) is 10.3 Å². The summed E-state index contributed by atoms with van der Waals surface area (Å²) in [6.07, 6.45) is 5.00. The summed E-state index contributed by atoms with van der Waals surface area (Å²) < 4.78 is 26.6. The first-order valence-corrected chi connectivity index (χ1v) is 4.81. The molecule has 76 valence electrons. The predicted octanol–water partition coefficient (Wildman–Crippen LogP) is 2.17. The van der Waals surface area contributed by atoms with Gasteiger partial charge in [-0.25, -0.2) is 8.78 Å². The first kappa shape index (κ1) is 9.52. The molecular formula is C10H12F2N2. The van der Waals surface area contributed by atoms with Crippen LogP contribution in [0.2, 0.25) is 0 Å². The minimum Gasteiger partial charge on any atom is -0.310 e. The van der Waals surface area contributed by atoms with Crippen molar-refractivity contribution in [1.82, 2.24) is 10.3 Å². The molecule has 0 amide bonds. The quantitative estimate of drug-likeness (QED) is 0.748. The van der Waals surface area contributed by atoms with Gasteiger partial charge in [-0.15, -0.1) is 0 Å². The first-order valence-electron chi connectivity index (χ1n) is 4.81. The Bertz CT molecular complexity index is 302. The maximum Gasteiger partial charge on any atom is 0.149 e. The van der Waals surface area contributed by atoms with Crippen LogP contribution >= 0.6 is 0 Å². The zero-order valence-electron chi connectivity index (χ0n) is 7.76. The fourth-order valence-electron chi connectivity index (χ4n) is 1.85. The minimum atomic E-state index is -0.551. The topological polar surface area (TPSA) is 24.9 Å². The monoisotopic (exact) mass is 198 g/mol. The summed E-state index contributed by atoms with van der Waals surface area (Å²) in [5.41, 5.74) is 0.139. The summed E-state index contributed by atoms with van der Waals surface area (Å²) in [6, 6.07) is -0.188. The zero-order valence-corrected chi connectivity index (χ0v) is 7.76. The lowest BCUT2D eigenvalue weighted by Gasteiger charge is -2.24. The smallest absolute Gasteiger partial charge is 0.149 e. The van der Waals surface area contributed by atoms with Crippen LogP contribution in [0, 0.1) is 11.6 Å². The van der Waals surface area contributed by atoms with Crippen molar-refractivity contribution in [2.24, 2.45) is 0 Å².